The summed E-state index contributed by atoms with van der Waals surface area (Å²) in [5.74, 6) is -0.691. The summed E-state index contributed by atoms with van der Waals surface area (Å²) < 4.78 is 14.7. The van der Waals surface area contributed by atoms with Gasteiger partial charge in [0, 0.05) is 44.2 Å². The maximum absolute atomic E-state index is 14.7. The van der Waals surface area contributed by atoms with Crippen LogP contribution in [0.2, 0.25) is 0 Å². The van der Waals surface area contributed by atoms with E-state index in [4.69, 9.17) is 0 Å². The molecule has 2 heterocycles. The first-order chi connectivity index (χ1) is 14.0. The van der Waals surface area contributed by atoms with Crippen molar-refractivity contribution in [3.8, 4) is 0 Å². The van der Waals surface area contributed by atoms with Gasteiger partial charge in [0.25, 0.3) is 11.8 Å². The molecule has 6 nitrogen and oxygen atoms in total. The molecule has 1 fully saturated rings. The zero-order valence-corrected chi connectivity index (χ0v) is 16.6. The van der Waals surface area contributed by atoms with Crippen molar-refractivity contribution in [2.75, 3.05) is 26.7 Å². The minimum absolute atomic E-state index is 0.185. The Morgan fingerprint density at radius 2 is 2.00 bits per heavy atom. The van der Waals surface area contributed by atoms with Gasteiger partial charge in [0.1, 0.15) is 11.4 Å². The van der Waals surface area contributed by atoms with Crippen molar-refractivity contribution in [1.29, 1.82) is 0 Å². The van der Waals surface area contributed by atoms with Crippen molar-refractivity contribution in [3.63, 3.8) is 0 Å². The Balaban J connectivity index is 1.71. The number of rotatable bonds is 7. The second-order valence-corrected chi connectivity index (χ2v) is 7.41. The van der Waals surface area contributed by atoms with Crippen LogP contribution in [0.3, 0.4) is 0 Å². The second-order valence-electron chi connectivity index (χ2n) is 7.41. The maximum atomic E-state index is 14.7. The number of halogens is 1. The van der Waals surface area contributed by atoms with E-state index in [1.54, 1.807) is 6.07 Å². The van der Waals surface area contributed by atoms with Gasteiger partial charge < -0.3 is 16.0 Å². The van der Waals surface area contributed by atoms with Crippen molar-refractivity contribution in [3.05, 3.63) is 65.0 Å². The van der Waals surface area contributed by atoms with Gasteiger partial charge in [0.05, 0.1) is 0 Å². The molecule has 1 saturated heterocycles. The molecule has 3 rings (SSSR count). The predicted octanol–water partition coefficient (Wildman–Crippen LogP) is 2.24. The van der Waals surface area contributed by atoms with Crippen molar-refractivity contribution in [1.82, 2.24) is 20.9 Å². The normalized spacial score (nSPS) is 18.8. The average molecular weight is 398 g/mol. The number of alkyl halides is 1. The first kappa shape index (κ1) is 20.9. The number of carbonyl (C=O) groups excluding carboxylic acids is 2. The molecule has 0 unspecified atom stereocenters. The van der Waals surface area contributed by atoms with Gasteiger partial charge in [0.2, 0.25) is 0 Å². The number of hydrogen-bond donors (Lipinski definition) is 3. The van der Waals surface area contributed by atoms with Crippen LogP contribution in [0.5, 0.6) is 0 Å². The van der Waals surface area contributed by atoms with Crippen molar-refractivity contribution < 1.29 is 14.0 Å². The lowest BCUT2D eigenvalue weighted by Gasteiger charge is -2.30. The molecule has 2 aromatic rings. The van der Waals surface area contributed by atoms with E-state index < -0.39 is 5.67 Å². The van der Waals surface area contributed by atoms with Crippen LogP contribution >= 0.6 is 0 Å². The minimum atomic E-state index is -1.28. The largest absolute Gasteiger partial charge is 0.354 e. The van der Waals surface area contributed by atoms with Gasteiger partial charge in [-0.25, -0.2) is 9.37 Å². The fourth-order valence-electron chi connectivity index (χ4n) is 3.51. The third-order valence-electron chi connectivity index (χ3n) is 5.11. The fourth-order valence-corrected chi connectivity index (χ4v) is 3.51. The van der Waals surface area contributed by atoms with Gasteiger partial charge >= 0.3 is 0 Å². The van der Waals surface area contributed by atoms with Gasteiger partial charge in [-0.3, -0.25) is 9.59 Å². The van der Waals surface area contributed by atoms with Crippen LogP contribution in [0.15, 0.2) is 42.5 Å². The Labute approximate surface area is 170 Å². The molecule has 1 aliphatic heterocycles. The molecule has 154 valence electrons. The van der Waals surface area contributed by atoms with E-state index in [0.717, 1.165) is 18.5 Å². The van der Waals surface area contributed by atoms with E-state index >= 15 is 0 Å². The number of piperidine rings is 1. The maximum Gasteiger partial charge on any atom is 0.269 e. The zero-order chi connectivity index (χ0) is 20.7. The highest BCUT2D eigenvalue weighted by Gasteiger charge is 2.31. The Morgan fingerprint density at radius 1 is 1.21 bits per heavy atom. The Hall–Kier alpha value is -2.80. The van der Waals surface area contributed by atoms with Crippen LogP contribution in [-0.4, -0.2) is 49.1 Å². The van der Waals surface area contributed by atoms with E-state index in [9.17, 15) is 14.0 Å². The third kappa shape index (κ3) is 5.84. The summed E-state index contributed by atoms with van der Waals surface area (Å²) in [4.78, 5) is 29.1. The quantitative estimate of drug-likeness (QED) is 0.668. The first-order valence-corrected chi connectivity index (χ1v) is 9.94. The average Bonchev–Trinajstić information content (AvgIpc) is 2.74. The summed E-state index contributed by atoms with van der Waals surface area (Å²) in [6, 6.07) is 12.9. The van der Waals surface area contributed by atoms with Crippen LogP contribution in [0.4, 0.5) is 4.39 Å². The molecule has 29 heavy (non-hydrogen) atoms. The van der Waals surface area contributed by atoms with Gasteiger partial charge in [-0.1, -0.05) is 30.3 Å². The summed E-state index contributed by atoms with van der Waals surface area (Å²) in [6.07, 6.45) is 2.07. The molecule has 0 spiro atoms. The van der Waals surface area contributed by atoms with Gasteiger partial charge in [-0.15, -0.1) is 0 Å². The number of nitrogens with one attached hydrogen (secondary N) is 3. The summed E-state index contributed by atoms with van der Waals surface area (Å²) in [5.41, 5.74) is 0.907. The highest BCUT2D eigenvalue weighted by molar-refractivity contribution is 5.98. The van der Waals surface area contributed by atoms with Gasteiger partial charge in [-0.05, 0) is 37.1 Å². The Kier molecular flexibility index (Phi) is 6.93. The van der Waals surface area contributed by atoms with E-state index in [0.29, 0.717) is 30.6 Å². The molecule has 1 atom stereocenters. The Bertz CT molecular complexity index is 851. The topological polar surface area (TPSA) is 83.1 Å². The SMILES string of the molecule is CNC(=O)c1cc(C(=O)NCC[C@]2(F)CCCNC2)cc(Cc2ccccc2)n1. The lowest BCUT2D eigenvalue weighted by Crippen LogP contribution is -2.44. The number of amides is 2. The molecule has 1 aromatic heterocycles. The number of nitrogens with zero attached hydrogens (tertiary/aromatic N) is 1. The summed E-state index contributed by atoms with van der Waals surface area (Å²) in [5, 5.41) is 8.38. The van der Waals surface area contributed by atoms with Crippen LogP contribution in [-0.2, 0) is 6.42 Å². The molecule has 0 saturated carbocycles. The lowest BCUT2D eigenvalue weighted by atomic mass is 9.93. The van der Waals surface area contributed by atoms with Crippen LogP contribution in [0, 0.1) is 0 Å². The van der Waals surface area contributed by atoms with E-state index in [1.165, 1.54) is 13.1 Å². The van der Waals surface area contributed by atoms with Crippen LogP contribution < -0.4 is 16.0 Å². The molecule has 0 aliphatic carbocycles. The van der Waals surface area contributed by atoms with Crippen LogP contribution in [0.1, 0.15) is 51.4 Å². The predicted molar refractivity (Wildman–Crippen MR) is 110 cm³/mol. The van der Waals surface area contributed by atoms with Crippen molar-refractivity contribution in [2.45, 2.75) is 31.4 Å². The highest BCUT2D eigenvalue weighted by atomic mass is 19.1. The molecular weight excluding hydrogens is 371 g/mol. The molecule has 1 aromatic carbocycles. The standard InChI is InChI=1S/C22H27FN4O2/c1-24-21(29)19-14-17(13-18(27-19)12-16-6-3-2-4-7-16)20(28)26-11-9-22(23)8-5-10-25-15-22/h2-4,6-7,13-14,25H,5,8-12,15H2,1H3,(H,24,29)(H,26,28)/t22-/m1/s1. The minimum Gasteiger partial charge on any atom is -0.354 e. The Morgan fingerprint density at radius 3 is 2.69 bits per heavy atom. The number of pyridine rings is 1. The van der Waals surface area contributed by atoms with E-state index in [2.05, 4.69) is 20.9 Å². The zero-order valence-electron chi connectivity index (χ0n) is 16.6. The molecule has 7 heteroatoms. The first-order valence-electron chi connectivity index (χ1n) is 9.94. The van der Waals surface area contributed by atoms with E-state index in [1.807, 2.05) is 30.3 Å². The fraction of sp³-hybridized carbons (Fsp3) is 0.409. The highest BCUT2D eigenvalue weighted by Crippen LogP contribution is 2.24. The van der Waals surface area contributed by atoms with Crippen molar-refractivity contribution >= 4 is 11.8 Å². The van der Waals surface area contributed by atoms with Crippen LogP contribution in [0.25, 0.3) is 0 Å². The van der Waals surface area contributed by atoms with Gasteiger partial charge in [0.15, 0.2) is 0 Å². The number of benzene rings is 1. The summed E-state index contributed by atoms with van der Waals surface area (Å²) in [7, 11) is 1.52. The summed E-state index contributed by atoms with van der Waals surface area (Å²) >= 11 is 0. The molecular formula is C22H27FN4O2. The smallest absolute Gasteiger partial charge is 0.269 e. The monoisotopic (exact) mass is 398 g/mol. The molecule has 1 aliphatic rings. The number of hydrogen-bond acceptors (Lipinski definition) is 4. The van der Waals surface area contributed by atoms with E-state index in [-0.39, 0.29) is 30.5 Å². The van der Waals surface area contributed by atoms with Gasteiger partial charge in [-0.2, -0.15) is 0 Å². The molecule has 3 N–H and O–H groups in total. The third-order valence-corrected chi connectivity index (χ3v) is 5.11. The molecule has 2 amide bonds. The number of aromatic nitrogens is 1. The second kappa shape index (κ2) is 9.60. The molecule has 0 bridgehead atoms. The van der Waals surface area contributed by atoms with Crippen molar-refractivity contribution in [2.24, 2.45) is 0 Å². The number of carbonyl (C=O) groups is 2. The lowest BCUT2D eigenvalue weighted by molar-refractivity contribution is 0.0907. The summed E-state index contributed by atoms with van der Waals surface area (Å²) in [6.45, 7) is 1.39. The molecule has 0 radical (unpaired) electrons.